The molecule has 3 nitrogen and oxygen atoms in total. The minimum atomic E-state index is 0.853. The summed E-state index contributed by atoms with van der Waals surface area (Å²) in [7, 11) is 1.90. The molecule has 2 heterocycles. The second-order valence-corrected chi connectivity index (χ2v) is 5.26. The van der Waals surface area contributed by atoms with Crippen LogP contribution in [0.3, 0.4) is 0 Å². The largest absolute Gasteiger partial charge is 0.373 e. The van der Waals surface area contributed by atoms with Gasteiger partial charge in [-0.15, -0.1) is 11.3 Å². The molecule has 2 aromatic heterocycles. The van der Waals surface area contributed by atoms with Gasteiger partial charge in [0.25, 0.3) is 0 Å². The van der Waals surface area contributed by atoms with Crippen LogP contribution in [-0.2, 0) is 6.42 Å². The molecular weight excluding hydrogens is 230 g/mol. The van der Waals surface area contributed by atoms with Crippen molar-refractivity contribution in [1.29, 1.82) is 0 Å². The van der Waals surface area contributed by atoms with Crippen LogP contribution in [0, 0.1) is 13.8 Å². The maximum Gasteiger partial charge on any atom is 0.133 e. The summed E-state index contributed by atoms with van der Waals surface area (Å²) >= 11 is 1.78. The number of hydrogen-bond acceptors (Lipinski definition) is 4. The van der Waals surface area contributed by atoms with Crippen molar-refractivity contribution in [2.45, 2.75) is 27.2 Å². The molecule has 90 valence electrons. The van der Waals surface area contributed by atoms with Gasteiger partial charge in [-0.1, -0.05) is 6.92 Å². The number of rotatable bonds is 3. The van der Waals surface area contributed by atoms with Crippen molar-refractivity contribution in [3.63, 3.8) is 0 Å². The molecule has 0 bridgehead atoms. The molecule has 2 rings (SSSR count). The van der Waals surface area contributed by atoms with Crippen LogP contribution in [0.25, 0.3) is 10.6 Å². The number of nitrogens with one attached hydrogen (secondary N) is 1. The number of nitrogens with zero attached hydrogens (tertiary/aromatic N) is 2. The van der Waals surface area contributed by atoms with Gasteiger partial charge in [-0.05, 0) is 26.0 Å². The van der Waals surface area contributed by atoms with E-state index in [0.29, 0.717) is 0 Å². The highest BCUT2D eigenvalue weighted by atomic mass is 32.1. The van der Waals surface area contributed by atoms with Crippen molar-refractivity contribution in [1.82, 2.24) is 9.97 Å². The maximum atomic E-state index is 4.64. The minimum Gasteiger partial charge on any atom is -0.373 e. The van der Waals surface area contributed by atoms with Crippen LogP contribution < -0.4 is 5.32 Å². The standard InChI is InChI=1S/C13H17N3S/c1-5-11-15-12(9(3)13(14-4)16-11)10-7-6-8(2)17-10/h6-7H,5H2,1-4H3,(H,14,15,16). The summed E-state index contributed by atoms with van der Waals surface area (Å²) in [5.74, 6) is 1.82. The van der Waals surface area contributed by atoms with Gasteiger partial charge in [0.2, 0.25) is 0 Å². The average Bonchev–Trinajstić information content (AvgIpc) is 2.76. The fraction of sp³-hybridized carbons (Fsp3) is 0.385. The van der Waals surface area contributed by atoms with Crippen molar-refractivity contribution < 1.29 is 0 Å². The van der Waals surface area contributed by atoms with E-state index in [2.05, 4.69) is 48.2 Å². The van der Waals surface area contributed by atoms with Gasteiger partial charge >= 0.3 is 0 Å². The van der Waals surface area contributed by atoms with Gasteiger partial charge in [-0.25, -0.2) is 9.97 Å². The van der Waals surface area contributed by atoms with E-state index in [1.54, 1.807) is 11.3 Å². The molecule has 1 N–H and O–H groups in total. The Morgan fingerprint density at radius 3 is 2.53 bits per heavy atom. The normalized spacial score (nSPS) is 10.6. The lowest BCUT2D eigenvalue weighted by Crippen LogP contribution is -2.04. The Kier molecular flexibility index (Phi) is 3.43. The van der Waals surface area contributed by atoms with Crippen LogP contribution in [0.1, 0.15) is 23.2 Å². The average molecular weight is 247 g/mol. The summed E-state index contributed by atoms with van der Waals surface area (Å²) in [5.41, 5.74) is 2.17. The zero-order valence-corrected chi connectivity index (χ0v) is 11.5. The second-order valence-electron chi connectivity index (χ2n) is 3.98. The highest BCUT2D eigenvalue weighted by molar-refractivity contribution is 7.15. The number of thiophene rings is 1. The van der Waals surface area contributed by atoms with Crippen molar-refractivity contribution in [3.8, 4) is 10.6 Å². The molecule has 0 aliphatic heterocycles. The van der Waals surface area contributed by atoms with Gasteiger partial charge in [-0.3, -0.25) is 0 Å². The van der Waals surface area contributed by atoms with Crippen molar-refractivity contribution in [2.75, 3.05) is 12.4 Å². The summed E-state index contributed by atoms with van der Waals surface area (Å²) in [5, 5.41) is 3.14. The molecule has 0 radical (unpaired) electrons. The van der Waals surface area contributed by atoms with Crippen LogP contribution in [0.2, 0.25) is 0 Å². The first-order valence-corrected chi connectivity index (χ1v) is 6.59. The lowest BCUT2D eigenvalue weighted by atomic mass is 10.2. The molecule has 0 fully saturated rings. The SMILES string of the molecule is CCc1nc(NC)c(C)c(-c2ccc(C)s2)n1. The Morgan fingerprint density at radius 2 is 2.00 bits per heavy atom. The van der Waals surface area contributed by atoms with E-state index in [1.165, 1.54) is 9.75 Å². The number of aromatic nitrogens is 2. The summed E-state index contributed by atoms with van der Waals surface area (Å²) in [6.07, 6.45) is 0.853. The van der Waals surface area contributed by atoms with Gasteiger partial charge in [0.1, 0.15) is 11.6 Å². The maximum absolute atomic E-state index is 4.64. The molecule has 0 aliphatic rings. The molecule has 0 aliphatic carbocycles. The molecule has 0 aromatic carbocycles. The summed E-state index contributed by atoms with van der Waals surface area (Å²) in [6.45, 7) is 6.26. The Labute approximate surface area is 106 Å². The van der Waals surface area contributed by atoms with Crippen molar-refractivity contribution in [2.24, 2.45) is 0 Å². The van der Waals surface area contributed by atoms with Crippen molar-refractivity contribution >= 4 is 17.2 Å². The molecule has 0 amide bonds. The number of hydrogen-bond donors (Lipinski definition) is 1. The lowest BCUT2D eigenvalue weighted by Gasteiger charge is -2.10. The van der Waals surface area contributed by atoms with Crippen LogP contribution in [0.5, 0.6) is 0 Å². The van der Waals surface area contributed by atoms with Gasteiger partial charge in [0.05, 0.1) is 10.6 Å². The van der Waals surface area contributed by atoms with E-state index in [4.69, 9.17) is 0 Å². The zero-order chi connectivity index (χ0) is 12.4. The van der Waals surface area contributed by atoms with Gasteiger partial charge in [0.15, 0.2) is 0 Å². The highest BCUT2D eigenvalue weighted by Gasteiger charge is 2.12. The third kappa shape index (κ3) is 2.31. The fourth-order valence-corrected chi connectivity index (χ4v) is 2.68. The highest BCUT2D eigenvalue weighted by Crippen LogP contribution is 2.31. The summed E-state index contributed by atoms with van der Waals surface area (Å²) < 4.78 is 0. The quantitative estimate of drug-likeness (QED) is 0.903. The predicted octanol–water partition coefficient (Wildman–Crippen LogP) is 3.43. The molecule has 0 atom stereocenters. The van der Waals surface area contributed by atoms with E-state index in [9.17, 15) is 0 Å². The number of aryl methyl sites for hydroxylation is 2. The molecule has 17 heavy (non-hydrogen) atoms. The Hall–Kier alpha value is -1.42. The first-order valence-electron chi connectivity index (χ1n) is 5.77. The third-order valence-electron chi connectivity index (χ3n) is 2.72. The second kappa shape index (κ2) is 4.84. The molecule has 0 saturated heterocycles. The Balaban J connectivity index is 2.59. The van der Waals surface area contributed by atoms with E-state index >= 15 is 0 Å². The van der Waals surface area contributed by atoms with Gasteiger partial charge in [0, 0.05) is 23.9 Å². The minimum absolute atomic E-state index is 0.853. The van der Waals surface area contributed by atoms with E-state index in [0.717, 1.165) is 29.3 Å². The fourth-order valence-electron chi connectivity index (χ4n) is 1.77. The smallest absolute Gasteiger partial charge is 0.133 e. The van der Waals surface area contributed by atoms with Gasteiger partial charge in [-0.2, -0.15) is 0 Å². The van der Waals surface area contributed by atoms with E-state index in [-0.39, 0.29) is 0 Å². The molecule has 0 spiro atoms. The monoisotopic (exact) mass is 247 g/mol. The molecule has 0 saturated carbocycles. The van der Waals surface area contributed by atoms with Crippen molar-refractivity contribution in [3.05, 3.63) is 28.4 Å². The molecule has 4 heteroatoms. The van der Waals surface area contributed by atoms with Crippen LogP contribution in [-0.4, -0.2) is 17.0 Å². The van der Waals surface area contributed by atoms with Gasteiger partial charge < -0.3 is 5.32 Å². The molecule has 0 unspecified atom stereocenters. The van der Waals surface area contributed by atoms with Crippen LogP contribution >= 0.6 is 11.3 Å². The Bertz CT molecular complexity index is 531. The molecular formula is C13H17N3S. The molecule has 2 aromatic rings. The van der Waals surface area contributed by atoms with E-state index < -0.39 is 0 Å². The summed E-state index contributed by atoms with van der Waals surface area (Å²) in [6, 6.07) is 4.26. The predicted molar refractivity (Wildman–Crippen MR) is 73.7 cm³/mol. The lowest BCUT2D eigenvalue weighted by molar-refractivity contribution is 0.937. The first kappa shape index (κ1) is 12.0. The zero-order valence-electron chi connectivity index (χ0n) is 10.7. The van der Waals surface area contributed by atoms with Crippen LogP contribution in [0.4, 0.5) is 5.82 Å². The van der Waals surface area contributed by atoms with E-state index in [1.807, 2.05) is 7.05 Å². The first-order chi connectivity index (χ1) is 8.15. The van der Waals surface area contributed by atoms with Crippen LogP contribution in [0.15, 0.2) is 12.1 Å². The Morgan fingerprint density at radius 1 is 1.24 bits per heavy atom. The number of anilines is 1. The summed E-state index contributed by atoms with van der Waals surface area (Å²) in [4.78, 5) is 11.7. The topological polar surface area (TPSA) is 37.8 Å². The third-order valence-corrected chi connectivity index (χ3v) is 3.73.